The summed E-state index contributed by atoms with van der Waals surface area (Å²) in [6, 6.07) is 7.20. The van der Waals surface area contributed by atoms with E-state index in [-0.39, 0.29) is 18.1 Å². The molecule has 5 heteroatoms. The van der Waals surface area contributed by atoms with Crippen LogP contribution in [0.1, 0.15) is 44.1 Å². The van der Waals surface area contributed by atoms with Crippen molar-refractivity contribution in [1.82, 2.24) is 5.32 Å². The predicted octanol–water partition coefficient (Wildman–Crippen LogP) is 2.66. The Hall–Kier alpha value is -1.54. The molecule has 1 amide bonds. The summed E-state index contributed by atoms with van der Waals surface area (Å²) in [7, 11) is 0. The van der Waals surface area contributed by atoms with Gasteiger partial charge in [0.15, 0.2) is 0 Å². The van der Waals surface area contributed by atoms with Crippen LogP contribution >= 0.6 is 11.6 Å². The van der Waals surface area contributed by atoms with Gasteiger partial charge in [-0.3, -0.25) is 4.79 Å². The van der Waals surface area contributed by atoms with Crippen LogP contribution in [-0.2, 0) is 9.53 Å². The van der Waals surface area contributed by atoms with Crippen molar-refractivity contribution in [1.29, 1.82) is 0 Å². The van der Waals surface area contributed by atoms with Gasteiger partial charge in [0, 0.05) is 29.7 Å². The third-order valence-electron chi connectivity index (χ3n) is 4.56. The van der Waals surface area contributed by atoms with E-state index in [0.717, 1.165) is 31.2 Å². The lowest BCUT2D eigenvalue weighted by atomic mass is 9.82. The number of nitrogens with one attached hydrogen (secondary N) is 1. The molecule has 3 rings (SSSR count). The molecule has 2 fully saturated rings. The molecule has 2 N–H and O–H groups in total. The number of aliphatic hydroxyl groups is 1. The van der Waals surface area contributed by atoms with Crippen molar-refractivity contribution in [2.45, 2.75) is 56.3 Å². The highest BCUT2D eigenvalue weighted by Gasteiger charge is 2.35. The second kappa shape index (κ2) is 7.57. The highest BCUT2D eigenvalue weighted by Crippen LogP contribution is 2.28. The quantitative estimate of drug-likeness (QED) is 0.809. The Bertz CT molecular complexity index is 660. The van der Waals surface area contributed by atoms with Gasteiger partial charge in [-0.05, 0) is 50.3 Å². The van der Waals surface area contributed by atoms with Gasteiger partial charge in [0.05, 0.1) is 0 Å². The number of amides is 1. The molecule has 24 heavy (non-hydrogen) atoms. The van der Waals surface area contributed by atoms with E-state index in [4.69, 9.17) is 16.3 Å². The molecular weight excluding hydrogens is 326 g/mol. The summed E-state index contributed by atoms with van der Waals surface area (Å²) in [4.78, 5) is 12.2. The van der Waals surface area contributed by atoms with Crippen molar-refractivity contribution in [3.63, 3.8) is 0 Å². The van der Waals surface area contributed by atoms with E-state index in [1.807, 2.05) is 12.1 Å². The molecule has 4 nitrogen and oxygen atoms in total. The topological polar surface area (TPSA) is 58.6 Å². The van der Waals surface area contributed by atoms with E-state index < -0.39 is 5.60 Å². The van der Waals surface area contributed by atoms with Gasteiger partial charge in [-0.1, -0.05) is 29.5 Å². The van der Waals surface area contributed by atoms with Crippen molar-refractivity contribution in [2.75, 3.05) is 6.61 Å². The molecule has 3 atom stereocenters. The number of hydrogen-bond acceptors (Lipinski definition) is 3. The van der Waals surface area contributed by atoms with Gasteiger partial charge in [0.2, 0.25) is 5.91 Å². The third-order valence-corrected chi connectivity index (χ3v) is 4.79. The Kier molecular flexibility index (Phi) is 5.45. The molecule has 1 aliphatic heterocycles. The Morgan fingerprint density at radius 2 is 2.25 bits per heavy atom. The van der Waals surface area contributed by atoms with Gasteiger partial charge >= 0.3 is 0 Å². The number of carbonyl (C=O) groups is 1. The lowest BCUT2D eigenvalue weighted by molar-refractivity contribution is -0.131. The standard InChI is InChI=1S/C19H22ClNO3/c20-15-5-1-4-14(12-15)8-10-19(23)9-2-6-16(13-19)21-18(22)17-7-3-11-24-17/h1,4-5,12,16-17,23H,2-3,6-7,9,11,13H2,(H,21,22)/t16-,17?,19-/m1/s1. The van der Waals surface area contributed by atoms with Crippen molar-refractivity contribution < 1.29 is 14.6 Å². The first-order valence-electron chi connectivity index (χ1n) is 8.47. The number of benzene rings is 1. The number of carbonyl (C=O) groups excluding carboxylic acids is 1. The number of ether oxygens (including phenoxy) is 1. The smallest absolute Gasteiger partial charge is 0.249 e. The van der Waals surface area contributed by atoms with Crippen molar-refractivity contribution >= 4 is 17.5 Å². The maximum atomic E-state index is 12.2. The monoisotopic (exact) mass is 347 g/mol. The second-order valence-corrected chi connectivity index (χ2v) is 7.03. The first-order valence-corrected chi connectivity index (χ1v) is 8.85. The van der Waals surface area contributed by atoms with Gasteiger partial charge in [-0.15, -0.1) is 0 Å². The van der Waals surface area contributed by atoms with Gasteiger partial charge < -0.3 is 15.2 Å². The molecule has 128 valence electrons. The fourth-order valence-electron chi connectivity index (χ4n) is 3.32. The average molecular weight is 348 g/mol. The summed E-state index contributed by atoms with van der Waals surface area (Å²) >= 11 is 5.95. The molecule has 1 aromatic carbocycles. The highest BCUT2D eigenvalue weighted by atomic mass is 35.5. The average Bonchev–Trinajstić information content (AvgIpc) is 3.08. The molecule has 0 bridgehead atoms. The number of halogens is 1. The molecule has 1 saturated heterocycles. The minimum absolute atomic E-state index is 0.0610. The van der Waals surface area contributed by atoms with Crippen LogP contribution < -0.4 is 5.32 Å². The van der Waals surface area contributed by atoms with Gasteiger partial charge in [0.1, 0.15) is 11.7 Å². The fourth-order valence-corrected chi connectivity index (χ4v) is 3.51. The van der Waals surface area contributed by atoms with E-state index in [9.17, 15) is 9.90 Å². The lowest BCUT2D eigenvalue weighted by Crippen LogP contribution is -2.47. The molecular formula is C19H22ClNO3. The molecule has 0 spiro atoms. The summed E-state index contributed by atoms with van der Waals surface area (Å²) in [5.74, 6) is 5.92. The first kappa shape index (κ1) is 17.3. The van der Waals surface area contributed by atoms with E-state index in [1.165, 1.54) is 0 Å². The van der Waals surface area contributed by atoms with Crippen molar-refractivity contribution in [2.24, 2.45) is 0 Å². The molecule has 1 saturated carbocycles. The Labute approximate surface area is 147 Å². The predicted molar refractivity (Wildman–Crippen MR) is 92.7 cm³/mol. The second-order valence-electron chi connectivity index (χ2n) is 6.60. The lowest BCUT2D eigenvalue weighted by Gasteiger charge is -2.33. The van der Waals surface area contributed by atoms with Crippen LogP contribution in [0.4, 0.5) is 0 Å². The van der Waals surface area contributed by atoms with Crippen LogP contribution in [0.3, 0.4) is 0 Å². The van der Waals surface area contributed by atoms with E-state index in [0.29, 0.717) is 24.5 Å². The molecule has 0 radical (unpaired) electrons. The van der Waals surface area contributed by atoms with Gasteiger partial charge in [-0.2, -0.15) is 0 Å². The van der Waals surface area contributed by atoms with Crippen LogP contribution in [0, 0.1) is 11.8 Å². The van der Waals surface area contributed by atoms with Crippen LogP contribution in [0.25, 0.3) is 0 Å². The van der Waals surface area contributed by atoms with Crippen molar-refractivity contribution in [3.05, 3.63) is 34.9 Å². The van der Waals surface area contributed by atoms with E-state index in [2.05, 4.69) is 17.2 Å². The zero-order chi connectivity index (χ0) is 17.0. The summed E-state index contributed by atoms with van der Waals surface area (Å²) < 4.78 is 5.41. The third kappa shape index (κ3) is 4.51. The SMILES string of the molecule is O=C(N[C@@H]1CCC[C@@](O)(C#Cc2cccc(Cl)c2)C1)C1CCCO1. The number of rotatable bonds is 2. The minimum atomic E-state index is -1.07. The van der Waals surface area contributed by atoms with Crippen molar-refractivity contribution in [3.8, 4) is 11.8 Å². The molecule has 1 unspecified atom stereocenters. The van der Waals surface area contributed by atoms with Crippen LogP contribution in [0.15, 0.2) is 24.3 Å². The Balaban J connectivity index is 1.62. The van der Waals surface area contributed by atoms with Crippen LogP contribution in [0.5, 0.6) is 0 Å². The Morgan fingerprint density at radius 1 is 1.38 bits per heavy atom. The van der Waals surface area contributed by atoms with Crippen LogP contribution in [0.2, 0.25) is 5.02 Å². The fraction of sp³-hybridized carbons (Fsp3) is 0.526. The zero-order valence-electron chi connectivity index (χ0n) is 13.6. The Morgan fingerprint density at radius 3 is 3.00 bits per heavy atom. The summed E-state index contributed by atoms with van der Waals surface area (Å²) in [6.07, 6.45) is 4.12. The minimum Gasteiger partial charge on any atom is -0.378 e. The maximum absolute atomic E-state index is 12.2. The van der Waals surface area contributed by atoms with Gasteiger partial charge in [0.25, 0.3) is 0 Å². The van der Waals surface area contributed by atoms with E-state index in [1.54, 1.807) is 12.1 Å². The normalized spacial score (nSPS) is 29.6. The first-order chi connectivity index (χ1) is 11.5. The molecule has 1 aliphatic carbocycles. The van der Waals surface area contributed by atoms with E-state index >= 15 is 0 Å². The molecule has 2 aliphatic rings. The molecule has 1 heterocycles. The highest BCUT2D eigenvalue weighted by molar-refractivity contribution is 6.30. The van der Waals surface area contributed by atoms with Crippen LogP contribution in [-0.4, -0.2) is 35.4 Å². The summed E-state index contributed by atoms with van der Waals surface area (Å²) in [6.45, 7) is 0.651. The summed E-state index contributed by atoms with van der Waals surface area (Å²) in [5.41, 5.74) is -0.295. The largest absolute Gasteiger partial charge is 0.378 e. The summed E-state index contributed by atoms with van der Waals surface area (Å²) in [5, 5.41) is 14.4. The zero-order valence-corrected chi connectivity index (χ0v) is 14.3. The molecule has 1 aromatic rings. The maximum Gasteiger partial charge on any atom is 0.249 e. The van der Waals surface area contributed by atoms with Gasteiger partial charge in [-0.25, -0.2) is 0 Å². The number of hydrogen-bond donors (Lipinski definition) is 2. The molecule has 0 aromatic heterocycles.